The molecule has 3 N–H and O–H groups in total. The van der Waals surface area contributed by atoms with Gasteiger partial charge >= 0.3 is 0 Å². The maximum atomic E-state index is 12.0. The van der Waals surface area contributed by atoms with Gasteiger partial charge in [0, 0.05) is 18.5 Å². The summed E-state index contributed by atoms with van der Waals surface area (Å²) in [7, 11) is 3.05. The largest absolute Gasteiger partial charge is 0.495 e. The standard InChI is InChI=1S/C23H22ClN5O3.2C2H6.CH2O/c1-15-7-4-5-8-18(15)27-22-17(24)14-25-23(29-22)28-19-13-16(10-11-20(19)32-3)26-21(30)9-6-12-31-2;3*1-2/h4-5,7-8,10-11,13-14H,12H2,1-3H3,(H,26,30)(H2,25,27,28,29);2*1-2H3;1H2. The van der Waals surface area contributed by atoms with Crippen LogP contribution in [0, 0.1) is 18.8 Å². The van der Waals surface area contributed by atoms with E-state index in [1.54, 1.807) is 25.3 Å². The van der Waals surface area contributed by atoms with Crippen LogP contribution < -0.4 is 20.7 Å². The fourth-order valence-electron chi connectivity index (χ4n) is 2.71. The number of halogens is 1. The van der Waals surface area contributed by atoms with Crippen LogP contribution in [0.1, 0.15) is 33.3 Å². The maximum absolute atomic E-state index is 12.0. The van der Waals surface area contributed by atoms with Gasteiger partial charge in [0.2, 0.25) is 5.95 Å². The molecule has 3 rings (SSSR count). The zero-order chi connectivity index (χ0) is 28.9. The minimum Gasteiger partial charge on any atom is -0.495 e. The summed E-state index contributed by atoms with van der Waals surface area (Å²) >= 11 is 6.29. The Kier molecular flexibility index (Phi) is 17.8. The molecular formula is C28H36ClN5O4. The normalized spacial score (nSPS) is 8.84. The van der Waals surface area contributed by atoms with Crippen LogP contribution in [0.5, 0.6) is 5.75 Å². The van der Waals surface area contributed by atoms with Crippen LogP contribution in [0.2, 0.25) is 5.02 Å². The first kappa shape index (κ1) is 33.9. The number of para-hydroxylation sites is 1. The predicted molar refractivity (Wildman–Crippen MR) is 156 cm³/mol. The summed E-state index contributed by atoms with van der Waals surface area (Å²) in [5.74, 6) is 5.89. The van der Waals surface area contributed by atoms with Crippen LogP contribution in [0.3, 0.4) is 0 Å². The van der Waals surface area contributed by atoms with Crippen molar-refractivity contribution in [3.63, 3.8) is 0 Å². The van der Waals surface area contributed by atoms with Crippen molar-refractivity contribution in [3.8, 4) is 17.6 Å². The van der Waals surface area contributed by atoms with Crippen molar-refractivity contribution in [2.75, 3.05) is 36.8 Å². The number of nitrogens with one attached hydrogen (secondary N) is 3. The SMILES string of the molecule is C=O.CC.CC.COCC#CC(=O)Nc1ccc(OC)c(Nc2ncc(Cl)c(Nc3ccccc3C)n2)c1. The van der Waals surface area contributed by atoms with Gasteiger partial charge in [0.05, 0.1) is 19.0 Å². The lowest BCUT2D eigenvalue weighted by Gasteiger charge is -2.14. The van der Waals surface area contributed by atoms with Gasteiger partial charge in [0.1, 0.15) is 24.2 Å². The van der Waals surface area contributed by atoms with Crippen LogP contribution >= 0.6 is 11.6 Å². The average molecular weight is 542 g/mol. The van der Waals surface area contributed by atoms with Crippen LogP contribution in [0.15, 0.2) is 48.7 Å². The third kappa shape index (κ3) is 11.3. The Morgan fingerprint density at radius 2 is 1.71 bits per heavy atom. The second kappa shape index (κ2) is 20.0. The number of amides is 1. The van der Waals surface area contributed by atoms with E-state index in [4.69, 9.17) is 25.9 Å². The number of ether oxygens (including phenoxy) is 2. The minimum absolute atomic E-state index is 0.176. The van der Waals surface area contributed by atoms with Gasteiger partial charge in [-0.2, -0.15) is 4.98 Å². The molecule has 0 aliphatic rings. The number of benzene rings is 2. The van der Waals surface area contributed by atoms with Gasteiger partial charge in [-0.3, -0.25) is 4.79 Å². The Bertz CT molecular complexity index is 1200. The monoisotopic (exact) mass is 541 g/mol. The van der Waals surface area contributed by atoms with Gasteiger partial charge in [0.25, 0.3) is 5.91 Å². The van der Waals surface area contributed by atoms with Crippen molar-refractivity contribution < 1.29 is 19.1 Å². The van der Waals surface area contributed by atoms with E-state index >= 15 is 0 Å². The highest BCUT2D eigenvalue weighted by atomic mass is 35.5. The Labute approximate surface area is 230 Å². The Morgan fingerprint density at radius 3 is 2.34 bits per heavy atom. The highest BCUT2D eigenvalue weighted by Crippen LogP contribution is 2.31. The molecule has 204 valence electrons. The van der Waals surface area contributed by atoms with E-state index in [-0.39, 0.29) is 6.61 Å². The van der Waals surface area contributed by atoms with Gasteiger partial charge in [-0.25, -0.2) is 4.98 Å². The zero-order valence-electron chi connectivity index (χ0n) is 22.9. The predicted octanol–water partition coefficient (Wildman–Crippen LogP) is 6.39. The van der Waals surface area contributed by atoms with Crippen molar-refractivity contribution in [1.29, 1.82) is 0 Å². The number of aromatic nitrogens is 2. The van der Waals surface area contributed by atoms with Crippen molar-refractivity contribution >= 4 is 53.1 Å². The molecule has 9 nitrogen and oxygen atoms in total. The number of hydrogen-bond donors (Lipinski definition) is 3. The topological polar surface area (TPSA) is 114 Å². The fourth-order valence-corrected chi connectivity index (χ4v) is 2.85. The molecule has 0 saturated heterocycles. The van der Waals surface area contributed by atoms with E-state index in [2.05, 4.69) is 37.8 Å². The van der Waals surface area contributed by atoms with Crippen LogP contribution in [0.4, 0.5) is 28.8 Å². The molecule has 0 aliphatic carbocycles. The lowest BCUT2D eigenvalue weighted by molar-refractivity contribution is -0.111. The maximum Gasteiger partial charge on any atom is 0.300 e. The van der Waals surface area contributed by atoms with Crippen molar-refractivity contribution in [3.05, 3.63) is 59.2 Å². The van der Waals surface area contributed by atoms with Gasteiger partial charge in [-0.1, -0.05) is 63.4 Å². The lowest BCUT2D eigenvalue weighted by atomic mass is 10.2. The number of methoxy groups -OCH3 is 2. The summed E-state index contributed by atoms with van der Waals surface area (Å²) in [5.41, 5.74) is 3.02. The van der Waals surface area contributed by atoms with E-state index in [1.807, 2.05) is 65.7 Å². The molecule has 1 aromatic heterocycles. The quantitative estimate of drug-likeness (QED) is 0.295. The Hall–Kier alpha value is -4.13. The first-order valence-corrected chi connectivity index (χ1v) is 12.3. The highest BCUT2D eigenvalue weighted by Gasteiger charge is 2.11. The molecule has 0 spiro atoms. The molecule has 3 aromatic rings. The smallest absolute Gasteiger partial charge is 0.300 e. The number of rotatable bonds is 7. The molecule has 0 bridgehead atoms. The summed E-state index contributed by atoms with van der Waals surface area (Å²) in [4.78, 5) is 28.7. The summed E-state index contributed by atoms with van der Waals surface area (Å²) in [5, 5.41) is 9.40. The third-order valence-corrected chi connectivity index (χ3v) is 4.54. The highest BCUT2D eigenvalue weighted by molar-refractivity contribution is 6.32. The Morgan fingerprint density at radius 1 is 1.03 bits per heavy atom. The number of carbonyl (C=O) groups is 2. The third-order valence-electron chi connectivity index (χ3n) is 4.26. The van der Waals surface area contributed by atoms with Crippen LogP contribution in [-0.2, 0) is 14.3 Å². The zero-order valence-corrected chi connectivity index (χ0v) is 23.7. The number of anilines is 5. The molecule has 0 fully saturated rings. The number of hydrogen-bond acceptors (Lipinski definition) is 8. The molecule has 1 amide bonds. The fraction of sp³-hybridized carbons (Fsp3) is 0.286. The molecule has 0 unspecified atom stereocenters. The molecule has 0 radical (unpaired) electrons. The van der Waals surface area contributed by atoms with Gasteiger partial charge in [0.15, 0.2) is 5.82 Å². The molecule has 10 heteroatoms. The summed E-state index contributed by atoms with van der Waals surface area (Å²) < 4.78 is 10.2. The van der Waals surface area contributed by atoms with Gasteiger partial charge < -0.3 is 30.2 Å². The second-order valence-electron chi connectivity index (χ2n) is 6.56. The summed E-state index contributed by atoms with van der Waals surface area (Å²) in [6, 6.07) is 12.9. The minimum atomic E-state index is -0.453. The van der Waals surface area contributed by atoms with E-state index < -0.39 is 5.91 Å². The average Bonchev–Trinajstić information content (AvgIpc) is 2.95. The van der Waals surface area contributed by atoms with Crippen molar-refractivity contribution in [2.24, 2.45) is 0 Å². The van der Waals surface area contributed by atoms with Crippen LogP contribution in [-0.4, -0.2) is 43.5 Å². The van der Waals surface area contributed by atoms with E-state index in [0.29, 0.717) is 33.9 Å². The van der Waals surface area contributed by atoms with Gasteiger partial charge in [-0.15, -0.1) is 0 Å². The molecule has 0 saturated carbocycles. The van der Waals surface area contributed by atoms with Gasteiger partial charge in [-0.05, 0) is 42.7 Å². The van der Waals surface area contributed by atoms with Crippen molar-refractivity contribution in [2.45, 2.75) is 34.6 Å². The molecule has 0 atom stereocenters. The number of aryl methyl sites for hydroxylation is 1. The number of carbonyl (C=O) groups excluding carboxylic acids is 2. The molecular weight excluding hydrogens is 506 g/mol. The van der Waals surface area contributed by atoms with Crippen LogP contribution in [0.25, 0.3) is 0 Å². The summed E-state index contributed by atoms with van der Waals surface area (Å²) in [6.45, 7) is 12.2. The van der Waals surface area contributed by atoms with Crippen molar-refractivity contribution in [1.82, 2.24) is 9.97 Å². The molecule has 2 aromatic carbocycles. The first-order chi connectivity index (χ1) is 18.5. The molecule has 38 heavy (non-hydrogen) atoms. The molecule has 1 heterocycles. The van der Waals surface area contributed by atoms with E-state index in [0.717, 1.165) is 11.3 Å². The second-order valence-corrected chi connectivity index (χ2v) is 6.97. The first-order valence-electron chi connectivity index (χ1n) is 11.9. The summed E-state index contributed by atoms with van der Waals surface area (Å²) in [6.07, 6.45) is 1.50. The molecule has 0 aliphatic heterocycles. The Balaban J connectivity index is 0.00000213. The number of nitrogens with zero attached hydrogens (tertiary/aromatic N) is 2. The van der Waals surface area contributed by atoms with E-state index in [9.17, 15) is 4.79 Å². The van der Waals surface area contributed by atoms with E-state index in [1.165, 1.54) is 13.3 Å². The lowest BCUT2D eigenvalue weighted by Crippen LogP contribution is -2.09.